The van der Waals surface area contributed by atoms with Crippen LogP contribution in [0.3, 0.4) is 0 Å². The number of fused-ring (bicyclic) bond motifs is 2. The van der Waals surface area contributed by atoms with Crippen LogP contribution in [0.2, 0.25) is 0 Å². The monoisotopic (exact) mass is 431 g/mol. The van der Waals surface area contributed by atoms with E-state index in [0.717, 1.165) is 28.2 Å². The van der Waals surface area contributed by atoms with Crippen LogP contribution in [0.4, 0.5) is 17.1 Å². The Morgan fingerprint density at radius 1 is 0.806 bits per heavy atom. The number of amides is 2. The van der Waals surface area contributed by atoms with E-state index in [9.17, 15) is 9.59 Å². The van der Waals surface area contributed by atoms with E-state index in [4.69, 9.17) is 0 Å². The summed E-state index contributed by atoms with van der Waals surface area (Å²) in [7, 11) is 0. The molecule has 4 rings (SSSR count). The third-order valence-corrected chi connectivity index (χ3v) is 6.42. The lowest BCUT2D eigenvalue weighted by Gasteiger charge is -2.32. The zero-order valence-electron chi connectivity index (χ0n) is 17.6. The number of hydrogen-bond acceptors (Lipinski definition) is 4. The van der Waals surface area contributed by atoms with Gasteiger partial charge in [0.25, 0.3) is 0 Å². The minimum absolute atomic E-state index is 0.0460. The zero-order chi connectivity index (χ0) is 21.8. The van der Waals surface area contributed by atoms with Gasteiger partial charge in [0.05, 0.1) is 17.9 Å². The molecule has 1 aliphatic heterocycles. The molecule has 0 unspecified atom stereocenters. The smallest absolute Gasteiger partial charge is 0.243 e. The molecule has 1 aliphatic rings. The van der Waals surface area contributed by atoms with Crippen molar-refractivity contribution in [2.75, 3.05) is 23.3 Å². The predicted octanol–water partition coefficient (Wildman–Crippen LogP) is 5.05. The first-order valence-electron chi connectivity index (χ1n) is 10.3. The number of anilines is 3. The molecule has 2 amide bonds. The number of carbonyl (C=O) groups excluding carboxylic acids is 2. The number of nitrogens with zero attached hydrogens (tertiary/aromatic N) is 1. The largest absolute Gasteiger partial charge is 0.347 e. The molecule has 0 fully saturated rings. The van der Waals surface area contributed by atoms with Gasteiger partial charge in [-0.1, -0.05) is 54.2 Å². The third-order valence-electron chi connectivity index (χ3n) is 5.29. The van der Waals surface area contributed by atoms with E-state index >= 15 is 0 Å². The quantitative estimate of drug-likeness (QED) is 0.573. The molecule has 3 aromatic carbocycles. The summed E-state index contributed by atoms with van der Waals surface area (Å²) in [5, 5.41) is 5.64. The average Bonchev–Trinajstić information content (AvgIpc) is 2.77. The molecule has 1 heterocycles. The second-order valence-electron chi connectivity index (χ2n) is 7.53. The summed E-state index contributed by atoms with van der Waals surface area (Å²) in [6.45, 7) is 4.40. The molecule has 0 radical (unpaired) electrons. The number of carbonyl (C=O) groups is 2. The Morgan fingerprint density at radius 2 is 1.39 bits per heavy atom. The lowest BCUT2D eigenvalue weighted by atomic mass is 10.1. The first-order chi connectivity index (χ1) is 15.0. The maximum absolute atomic E-state index is 12.5. The normalized spacial score (nSPS) is 12.0. The summed E-state index contributed by atoms with van der Waals surface area (Å²) in [6.07, 6.45) is 0.296. The molecule has 158 valence electrons. The summed E-state index contributed by atoms with van der Waals surface area (Å²) < 4.78 is 0. The van der Waals surface area contributed by atoms with Crippen molar-refractivity contribution in [3.63, 3.8) is 0 Å². The summed E-state index contributed by atoms with van der Waals surface area (Å²) in [4.78, 5) is 29.3. The van der Waals surface area contributed by atoms with E-state index < -0.39 is 0 Å². The molecule has 5 nitrogen and oxygen atoms in total. The highest BCUT2D eigenvalue weighted by molar-refractivity contribution is 7.99. The number of nitrogens with one attached hydrogen (secondary N) is 2. The Kier molecular flexibility index (Phi) is 6.28. The van der Waals surface area contributed by atoms with Crippen LogP contribution >= 0.6 is 11.8 Å². The van der Waals surface area contributed by atoms with Crippen LogP contribution < -0.4 is 15.5 Å². The van der Waals surface area contributed by atoms with Gasteiger partial charge in [0.2, 0.25) is 11.8 Å². The number of benzene rings is 3. The molecule has 6 heteroatoms. The van der Waals surface area contributed by atoms with Crippen molar-refractivity contribution in [1.29, 1.82) is 0 Å². The fourth-order valence-corrected chi connectivity index (χ4v) is 4.79. The molecular formula is C25H25N3O2S. The van der Waals surface area contributed by atoms with Gasteiger partial charge in [-0.2, -0.15) is 0 Å². The van der Waals surface area contributed by atoms with E-state index in [0.29, 0.717) is 13.0 Å². The van der Waals surface area contributed by atoms with Crippen molar-refractivity contribution in [3.8, 4) is 0 Å². The van der Waals surface area contributed by atoms with Gasteiger partial charge in [-0.25, -0.2) is 0 Å². The summed E-state index contributed by atoms with van der Waals surface area (Å²) in [5.74, 6) is -0.374. The van der Waals surface area contributed by atoms with Crippen LogP contribution in [0.25, 0.3) is 0 Å². The molecule has 0 saturated carbocycles. The Hall–Kier alpha value is -3.25. The topological polar surface area (TPSA) is 61.4 Å². The SMILES string of the molecule is Cc1cccc(C)c1NC(=O)CNC(=O)CCN1c2ccccc2Sc2ccccc21. The van der Waals surface area contributed by atoms with E-state index in [2.05, 4.69) is 39.8 Å². The molecule has 0 atom stereocenters. The fraction of sp³-hybridized carbons (Fsp3) is 0.200. The van der Waals surface area contributed by atoms with Crippen molar-refractivity contribution >= 4 is 40.6 Å². The summed E-state index contributed by atoms with van der Waals surface area (Å²) in [6, 6.07) is 22.3. The minimum Gasteiger partial charge on any atom is -0.347 e. The van der Waals surface area contributed by atoms with Crippen molar-refractivity contribution < 1.29 is 9.59 Å². The van der Waals surface area contributed by atoms with Crippen LogP contribution in [-0.4, -0.2) is 24.9 Å². The molecule has 0 saturated heterocycles. The highest BCUT2D eigenvalue weighted by Crippen LogP contribution is 2.47. The third kappa shape index (κ3) is 4.75. The lowest BCUT2D eigenvalue weighted by molar-refractivity contribution is -0.124. The van der Waals surface area contributed by atoms with E-state index in [1.54, 1.807) is 11.8 Å². The zero-order valence-corrected chi connectivity index (χ0v) is 18.5. The van der Waals surface area contributed by atoms with Gasteiger partial charge in [-0.15, -0.1) is 0 Å². The lowest BCUT2D eigenvalue weighted by Crippen LogP contribution is -2.35. The van der Waals surface area contributed by atoms with Gasteiger partial charge in [0.1, 0.15) is 0 Å². The predicted molar refractivity (Wildman–Crippen MR) is 126 cm³/mol. The number of rotatable bonds is 6. The van der Waals surface area contributed by atoms with Gasteiger partial charge in [-0.3, -0.25) is 9.59 Å². The number of para-hydroxylation sites is 3. The van der Waals surface area contributed by atoms with Gasteiger partial charge in [0, 0.05) is 28.4 Å². The second-order valence-corrected chi connectivity index (χ2v) is 8.61. The average molecular weight is 432 g/mol. The van der Waals surface area contributed by atoms with Crippen molar-refractivity contribution in [2.24, 2.45) is 0 Å². The molecule has 0 spiro atoms. The van der Waals surface area contributed by atoms with Crippen LogP contribution in [0, 0.1) is 13.8 Å². The fourth-order valence-electron chi connectivity index (χ4n) is 3.70. The van der Waals surface area contributed by atoms with Crippen LogP contribution in [0.1, 0.15) is 17.5 Å². The van der Waals surface area contributed by atoms with Crippen molar-refractivity contribution in [2.45, 2.75) is 30.1 Å². The molecule has 0 aromatic heterocycles. The standard InChI is InChI=1S/C25H25N3O2S/c1-17-8-7-9-18(2)25(17)27-24(30)16-26-23(29)14-15-28-19-10-3-5-12-21(19)31-22-13-6-4-11-20(22)28/h3-13H,14-16H2,1-2H3,(H,26,29)(H,27,30). The Morgan fingerprint density at radius 3 is 2.00 bits per heavy atom. The van der Waals surface area contributed by atoms with Crippen LogP contribution in [0.15, 0.2) is 76.5 Å². The maximum atomic E-state index is 12.5. The van der Waals surface area contributed by atoms with Crippen molar-refractivity contribution in [3.05, 3.63) is 77.9 Å². The first-order valence-corrected chi connectivity index (χ1v) is 11.1. The Labute approximate surface area is 186 Å². The highest BCUT2D eigenvalue weighted by Gasteiger charge is 2.23. The van der Waals surface area contributed by atoms with Gasteiger partial charge in [0.15, 0.2) is 0 Å². The number of aryl methyl sites for hydroxylation is 2. The highest BCUT2D eigenvalue weighted by atomic mass is 32.2. The maximum Gasteiger partial charge on any atom is 0.243 e. The molecule has 2 N–H and O–H groups in total. The van der Waals surface area contributed by atoms with E-state index in [1.807, 2.05) is 56.3 Å². The van der Waals surface area contributed by atoms with Gasteiger partial charge in [-0.05, 0) is 49.2 Å². The second kappa shape index (κ2) is 9.27. The Bertz CT molecular complexity index is 1060. The summed E-state index contributed by atoms with van der Waals surface area (Å²) in [5.41, 5.74) is 5.01. The first kappa shape index (κ1) is 21.0. The van der Waals surface area contributed by atoms with E-state index in [-0.39, 0.29) is 18.4 Å². The van der Waals surface area contributed by atoms with Crippen LogP contribution in [0.5, 0.6) is 0 Å². The molecular weight excluding hydrogens is 406 g/mol. The molecule has 0 bridgehead atoms. The minimum atomic E-state index is -0.226. The van der Waals surface area contributed by atoms with Crippen LogP contribution in [-0.2, 0) is 9.59 Å². The van der Waals surface area contributed by atoms with E-state index in [1.165, 1.54) is 9.79 Å². The van der Waals surface area contributed by atoms with Gasteiger partial charge >= 0.3 is 0 Å². The Balaban J connectivity index is 1.36. The number of hydrogen-bond donors (Lipinski definition) is 2. The molecule has 0 aliphatic carbocycles. The van der Waals surface area contributed by atoms with Gasteiger partial charge < -0.3 is 15.5 Å². The summed E-state index contributed by atoms with van der Waals surface area (Å²) >= 11 is 1.74. The van der Waals surface area contributed by atoms with Crippen molar-refractivity contribution in [1.82, 2.24) is 5.32 Å². The molecule has 31 heavy (non-hydrogen) atoms. The molecule has 3 aromatic rings.